The van der Waals surface area contributed by atoms with Gasteiger partial charge in [0.2, 0.25) is 0 Å². The van der Waals surface area contributed by atoms with Crippen LogP contribution in [0.5, 0.6) is 11.5 Å². The van der Waals surface area contributed by atoms with Crippen molar-refractivity contribution in [1.29, 1.82) is 0 Å². The van der Waals surface area contributed by atoms with Gasteiger partial charge in [0.1, 0.15) is 11.4 Å². The first kappa shape index (κ1) is 37.9. The number of furan rings is 2. The number of benzene rings is 8. The summed E-state index contributed by atoms with van der Waals surface area (Å²) in [5, 5.41) is 5.95. The van der Waals surface area contributed by atoms with Crippen LogP contribution in [0.1, 0.15) is 0 Å². The number of anilines is 2. The van der Waals surface area contributed by atoms with Crippen LogP contribution in [0.25, 0.3) is 93.8 Å². The Labute approximate surface area is 381 Å². The maximum atomic E-state index is 6.91. The first-order valence-corrected chi connectivity index (χ1v) is 20.8. The fourth-order valence-corrected chi connectivity index (χ4v) is 9.15. The van der Waals surface area contributed by atoms with Crippen molar-refractivity contribution in [1.82, 2.24) is 9.55 Å². The zero-order chi connectivity index (χ0) is 41.4. The van der Waals surface area contributed by atoms with Gasteiger partial charge in [-0.05, 0) is 59.2 Å². The van der Waals surface area contributed by atoms with E-state index in [4.69, 9.17) is 18.6 Å². The first-order valence-electron chi connectivity index (χ1n) is 20.8. The number of ether oxygens (including phenoxy) is 1. The molecule has 13 rings (SSSR count). The number of hydrogen-bond donors (Lipinski definition) is 0. The van der Waals surface area contributed by atoms with Gasteiger partial charge >= 0.3 is 0 Å². The number of aromatic nitrogens is 2. The smallest absolute Gasteiger partial charge is 0.177 e. The molecule has 0 radical (unpaired) electrons. The van der Waals surface area contributed by atoms with Crippen LogP contribution in [0, 0.1) is 18.8 Å². The van der Waals surface area contributed by atoms with Gasteiger partial charge in [-0.1, -0.05) is 138 Å². The van der Waals surface area contributed by atoms with Gasteiger partial charge in [0.05, 0.1) is 11.3 Å². The number of rotatable bonds is 7. The van der Waals surface area contributed by atoms with Crippen LogP contribution in [0.3, 0.4) is 0 Å². The van der Waals surface area contributed by atoms with Crippen LogP contribution in [0.2, 0.25) is 0 Å². The van der Waals surface area contributed by atoms with Gasteiger partial charge in [0.25, 0.3) is 0 Å². The van der Waals surface area contributed by atoms with Crippen LogP contribution in [0.15, 0.2) is 203 Å². The molecular formula is C56H33N4O3Pt-3. The molecule has 0 bridgehead atoms. The zero-order valence-electron chi connectivity index (χ0n) is 33.9. The van der Waals surface area contributed by atoms with Crippen LogP contribution in [-0.4, -0.2) is 9.55 Å². The number of para-hydroxylation sites is 3. The van der Waals surface area contributed by atoms with Crippen LogP contribution >= 0.6 is 0 Å². The zero-order valence-corrected chi connectivity index (χ0v) is 36.2. The molecule has 308 valence electrons. The molecule has 0 unspecified atom stereocenters. The standard InChI is InChI=1S/C56H33N4O3.Pt/c1-3-14-36(15-4-1)40-20-13-21-41(37-16-5-2-6-17-37)53(40)59-31-30-58(35-59)38-32-47-46-28-27-45-44-19-8-10-23-50(44)62-55(45)56(46)63-54(47)51(33-38)61-39-25-26-43-42-18-7-9-22-48(42)60(49(43)34-39)52-24-11-12-29-57-52;/h1-32,35H;/q-3;. The molecule has 64 heavy (non-hydrogen) atoms. The first-order chi connectivity index (χ1) is 31.2. The molecule has 0 N–H and O–H groups in total. The fraction of sp³-hybridized carbons (Fsp3) is 0. The summed E-state index contributed by atoms with van der Waals surface area (Å²) in [6.07, 6.45) is 5.96. The number of nitrogens with zero attached hydrogens (tertiary/aromatic N) is 4. The molecular weight excluding hydrogens is 972 g/mol. The average molecular weight is 1000 g/mol. The van der Waals surface area contributed by atoms with Crippen molar-refractivity contribution in [2.45, 2.75) is 0 Å². The molecule has 0 atom stereocenters. The minimum atomic E-state index is 0. The molecule has 1 aliphatic rings. The van der Waals surface area contributed by atoms with Crippen molar-refractivity contribution in [3.8, 4) is 39.6 Å². The van der Waals surface area contributed by atoms with E-state index in [9.17, 15) is 0 Å². The van der Waals surface area contributed by atoms with Gasteiger partial charge in [-0.2, -0.15) is 6.07 Å². The monoisotopic (exact) mass is 1000 g/mol. The summed E-state index contributed by atoms with van der Waals surface area (Å²) in [6.45, 7) is 2.10. The number of pyridine rings is 1. The SMILES string of the molecule is [Pt].[c-]1c(N2C=CN(c3c(-c4ccccc4)cccc3-c3ccccc3)[CH-]2)cc2c(oc3c2ccc2c4ccccc4oc23)c1Oc1[c-]c2c(cc1)c1ccccc1n2-c1ccccn1. The summed E-state index contributed by atoms with van der Waals surface area (Å²) < 4.78 is 22.3. The van der Waals surface area contributed by atoms with Gasteiger partial charge in [-0.15, -0.1) is 42.0 Å². The molecule has 12 aromatic rings. The number of hydrogen-bond acceptors (Lipinski definition) is 6. The van der Waals surface area contributed by atoms with Crippen molar-refractivity contribution < 1.29 is 34.6 Å². The van der Waals surface area contributed by atoms with E-state index in [1.54, 1.807) is 0 Å². The maximum Gasteiger partial charge on any atom is 0.177 e. The molecule has 5 heterocycles. The van der Waals surface area contributed by atoms with Crippen LogP contribution in [0.4, 0.5) is 11.4 Å². The summed E-state index contributed by atoms with van der Waals surface area (Å²) in [5.74, 6) is 1.73. The third kappa shape index (κ3) is 6.04. The molecule has 0 spiro atoms. The minimum Gasteiger partial charge on any atom is -0.509 e. The predicted molar refractivity (Wildman–Crippen MR) is 253 cm³/mol. The van der Waals surface area contributed by atoms with E-state index >= 15 is 0 Å². The quantitative estimate of drug-likeness (QED) is 0.148. The summed E-state index contributed by atoms with van der Waals surface area (Å²) in [5.41, 5.74) is 10.9. The van der Waals surface area contributed by atoms with Gasteiger partial charge in [0.15, 0.2) is 11.2 Å². The molecule has 0 fully saturated rings. The van der Waals surface area contributed by atoms with E-state index in [1.807, 2.05) is 66.9 Å². The molecule has 0 saturated heterocycles. The Morgan fingerprint density at radius 2 is 1.17 bits per heavy atom. The second-order valence-corrected chi connectivity index (χ2v) is 15.6. The van der Waals surface area contributed by atoms with E-state index in [1.165, 1.54) is 0 Å². The Balaban J connectivity index is 0.00000433. The van der Waals surface area contributed by atoms with E-state index in [0.717, 1.165) is 88.4 Å². The van der Waals surface area contributed by atoms with E-state index in [-0.39, 0.29) is 21.1 Å². The third-order valence-corrected chi connectivity index (χ3v) is 12.0. The molecule has 7 nitrogen and oxygen atoms in total. The van der Waals surface area contributed by atoms with Crippen LogP contribution < -0.4 is 14.5 Å². The predicted octanol–water partition coefficient (Wildman–Crippen LogP) is 14.6. The van der Waals surface area contributed by atoms with Gasteiger partial charge in [-0.25, -0.2) is 4.98 Å². The maximum absolute atomic E-state index is 6.91. The molecule has 8 aromatic carbocycles. The topological polar surface area (TPSA) is 59.8 Å². The summed E-state index contributed by atoms with van der Waals surface area (Å²) >= 11 is 0. The van der Waals surface area contributed by atoms with Crippen molar-refractivity contribution in [2.24, 2.45) is 0 Å². The Morgan fingerprint density at radius 3 is 1.94 bits per heavy atom. The molecule has 8 heteroatoms. The molecule has 0 amide bonds. The van der Waals surface area contributed by atoms with Gasteiger partial charge in [-0.3, -0.25) is 0 Å². The molecule has 0 saturated carbocycles. The second kappa shape index (κ2) is 15.2. The summed E-state index contributed by atoms with van der Waals surface area (Å²) in [7, 11) is 0. The van der Waals surface area contributed by atoms with Gasteiger partial charge in [0, 0.05) is 71.5 Å². The Morgan fingerprint density at radius 1 is 0.516 bits per heavy atom. The Kier molecular flexibility index (Phi) is 8.99. The van der Waals surface area contributed by atoms with E-state index < -0.39 is 0 Å². The fourth-order valence-electron chi connectivity index (χ4n) is 9.15. The third-order valence-electron chi connectivity index (χ3n) is 12.0. The summed E-state index contributed by atoms with van der Waals surface area (Å²) in [6, 6.07) is 67.5. The normalized spacial score (nSPS) is 12.7. The minimum absolute atomic E-state index is 0. The van der Waals surface area contributed by atoms with Crippen molar-refractivity contribution >= 4 is 77.1 Å². The van der Waals surface area contributed by atoms with Crippen molar-refractivity contribution in [3.05, 3.63) is 213 Å². The average Bonchev–Trinajstić information content (AvgIpc) is 4.14. The van der Waals surface area contributed by atoms with Crippen LogP contribution in [-0.2, 0) is 21.1 Å². The van der Waals surface area contributed by atoms with Gasteiger partial charge < -0.3 is 27.9 Å². The van der Waals surface area contributed by atoms with Crippen molar-refractivity contribution in [3.63, 3.8) is 0 Å². The largest absolute Gasteiger partial charge is 0.509 e. The van der Waals surface area contributed by atoms with Crippen molar-refractivity contribution in [2.75, 3.05) is 9.80 Å². The molecule has 4 aromatic heterocycles. The molecule has 1 aliphatic heterocycles. The molecule has 0 aliphatic carbocycles. The Hall–Kier alpha value is -7.86. The number of fused-ring (bicyclic) bond motifs is 10. The summed E-state index contributed by atoms with van der Waals surface area (Å²) in [4.78, 5) is 8.99. The second-order valence-electron chi connectivity index (χ2n) is 15.6. The van der Waals surface area contributed by atoms with E-state index in [2.05, 4.69) is 161 Å². The van der Waals surface area contributed by atoms with E-state index in [0.29, 0.717) is 28.2 Å². The Bertz CT molecular complexity index is 3710.